The number of nitrogens with zero attached hydrogens (tertiary/aromatic N) is 4. The third-order valence-electron chi connectivity index (χ3n) is 2.80. The second-order valence-electron chi connectivity index (χ2n) is 4.24. The van der Waals surface area contributed by atoms with Crippen LogP contribution in [-0.4, -0.2) is 26.1 Å². The minimum atomic E-state index is 0.773. The summed E-state index contributed by atoms with van der Waals surface area (Å²) in [6.07, 6.45) is 1.97. The molecule has 0 spiro atoms. The van der Waals surface area contributed by atoms with Gasteiger partial charge in [-0.05, 0) is 31.2 Å². The van der Waals surface area contributed by atoms with E-state index in [1.54, 1.807) is 11.8 Å². The zero-order valence-electron chi connectivity index (χ0n) is 11.2. The lowest BCUT2D eigenvalue weighted by Crippen LogP contribution is -2.00. The first-order valence-electron chi connectivity index (χ1n) is 6.49. The van der Waals surface area contributed by atoms with Crippen molar-refractivity contribution in [1.29, 1.82) is 0 Å². The van der Waals surface area contributed by atoms with Crippen molar-refractivity contribution >= 4 is 23.2 Å². The van der Waals surface area contributed by atoms with Gasteiger partial charge < -0.3 is 5.32 Å². The molecule has 0 atom stereocenters. The first-order valence-corrected chi connectivity index (χ1v) is 7.48. The molecular formula is C14H15N5S. The first-order chi connectivity index (χ1) is 9.86. The van der Waals surface area contributed by atoms with Gasteiger partial charge in [-0.3, -0.25) is 4.40 Å². The van der Waals surface area contributed by atoms with Crippen LogP contribution in [-0.2, 0) is 5.75 Å². The molecule has 1 N–H and O–H groups in total. The number of hydrogen-bond acceptors (Lipinski definition) is 5. The zero-order chi connectivity index (χ0) is 13.8. The Hall–Kier alpha value is -2.08. The smallest absolute Gasteiger partial charge is 0.195 e. The molecule has 3 rings (SSSR count). The molecule has 0 amide bonds. The largest absolute Gasteiger partial charge is 0.370 e. The average molecular weight is 285 g/mol. The molecule has 0 bridgehead atoms. The van der Waals surface area contributed by atoms with E-state index in [2.05, 4.69) is 27.4 Å². The van der Waals surface area contributed by atoms with Gasteiger partial charge in [-0.25, -0.2) is 4.98 Å². The summed E-state index contributed by atoms with van der Waals surface area (Å²) in [7, 11) is 0. The Labute approximate surface area is 121 Å². The molecule has 0 aliphatic heterocycles. The van der Waals surface area contributed by atoms with Crippen LogP contribution in [0.15, 0.2) is 47.8 Å². The summed E-state index contributed by atoms with van der Waals surface area (Å²) in [6.45, 7) is 2.93. The van der Waals surface area contributed by atoms with E-state index < -0.39 is 0 Å². The monoisotopic (exact) mass is 285 g/mol. The Morgan fingerprint density at radius 3 is 3.00 bits per heavy atom. The summed E-state index contributed by atoms with van der Waals surface area (Å²) in [5.74, 6) is 1.69. The van der Waals surface area contributed by atoms with Crippen LogP contribution in [0.5, 0.6) is 0 Å². The molecular weight excluding hydrogens is 270 g/mol. The van der Waals surface area contributed by atoms with E-state index >= 15 is 0 Å². The molecule has 20 heavy (non-hydrogen) atoms. The molecule has 0 aromatic carbocycles. The van der Waals surface area contributed by atoms with Gasteiger partial charge in [0.25, 0.3) is 0 Å². The SMILES string of the molecule is CCNc1cccc(CSc2nnc3ccccn23)n1. The lowest BCUT2D eigenvalue weighted by Gasteiger charge is -2.04. The van der Waals surface area contributed by atoms with Gasteiger partial charge in [-0.15, -0.1) is 10.2 Å². The minimum Gasteiger partial charge on any atom is -0.370 e. The molecule has 0 unspecified atom stereocenters. The summed E-state index contributed by atoms with van der Waals surface area (Å²) in [5, 5.41) is 12.4. The number of anilines is 1. The normalized spacial score (nSPS) is 10.8. The van der Waals surface area contributed by atoms with Crippen LogP contribution in [0.4, 0.5) is 5.82 Å². The zero-order valence-corrected chi connectivity index (χ0v) is 12.0. The second-order valence-corrected chi connectivity index (χ2v) is 5.19. The Balaban J connectivity index is 1.74. The fourth-order valence-corrected chi connectivity index (χ4v) is 2.73. The fourth-order valence-electron chi connectivity index (χ4n) is 1.90. The number of pyridine rings is 2. The number of rotatable bonds is 5. The van der Waals surface area contributed by atoms with Gasteiger partial charge in [0.15, 0.2) is 10.8 Å². The maximum atomic E-state index is 4.55. The van der Waals surface area contributed by atoms with Crippen LogP contribution in [0.1, 0.15) is 12.6 Å². The Bertz CT molecular complexity index is 709. The van der Waals surface area contributed by atoms with Gasteiger partial charge in [-0.1, -0.05) is 23.9 Å². The van der Waals surface area contributed by atoms with E-state index in [0.717, 1.165) is 34.6 Å². The number of aromatic nitrogens is 4. The molecule has 0 aliphatic carbocycles. The van der Waals surface area contributed by atoms with Gasteiger partial charge in [0.1, 0.15) is 5.82 Å². The van der Waals surface area contributed by atoms with Crippen molar-refractivity contribution < 1.29 is 0 Å². The summed E-state index contributed by atoms with van der Waals surface area (Å²) < 4.78 is 1.98. The van der Waals surface area contributed by atoms with Gasteiger partial charge >= 0.3 is 0 Å². The standard InChI is InChI=1S/C14H15N5S/c1-2-15-12-7-5-6-11(16-12)10-20-14-18-17-13-8-3-4-9-19(13)14/h3-9H,2,10H2,1H3,(H,15,16). The van der Waals surface area contributed by atoms with E-state index in [-0.39, 0.29) is 0 Å². The third kappa shape index (κ3) is 2.75. The number of hydrogen-bond donors (Lipinski definition) is 1. The Kier molecular flexibility index (Phi) is 3.83. The van der Waals surface area contributed by atoms with Crippen LogP contribution < -0.4 is 5.32 Å². The molecule has 3 heterocycles. The summed E-state index contributed by atoms with van der Waals surface area (Å²) in [5.41, 5.74) is 1.89. The molecule has 3 aromatic heterocycles. The predicted molar refractivity (Wildman–Crippen MR) is 80.9 cm³/mol. The molecule has 102 valence electrons. The summed E-state index contributed by atoms with van der Waals surface area (Å²) in [6, 6.07) is 11.9. The molecule has 0 radical (unpaired) electrons. The molecule has 0 saturated carbocycles. The maximum absolute atomic E-state index is 4.55. The lowest BCUT2D eigenvalue weighted by atomic mass is 10.4. The second kappa shape index (κ2) is 5.92. The van der Waals surface area contributed by atoms with Crippen LogP contribution >= 0.6 is 11.8 Å². The predicted octanol–water partition coefficient (Wildman–Crippen LogP) is 2.85. The van der Waals surface area contributed by atoms with Gasteiger partial charge in [0.05, 0.1) is 5.69 Å². The summed E-state index contributed by atoms with van der Waals surface area (Å²) >= 11 is 1.64. The highest BCUT2D eigenvalue weighted by Crippen LogP contribution is 2.21. The molecule has 0 fully saturated rings. The van der Waals surface area contributed by atoms with E-state index in [9.17, 15) is 0 Å². The van der Waals surface area contributed by atoms with E-state index in [0.29, 0.717) is 0 Å². The van der Waals surface area contributed by atoms with E-state index in [1.807, 2.05) is 47.0 Å². The van der Waals surface area contributed by atoms with Crippen LogP contribution in [0.3, 0.4) is 0 Å². The highest BCUT2D eigenvalue weighted by atomic mass is 32.2. The van der Waals surface area contributed by atoms with Crippen LogP contribution in [0, 0.1) is 0 Å². The van der Waals surface area contributed by atoms with Crippen molar-refractivity contribution in [2.75, 3.05) is 11.9 Å². The van der Waals surface area contributed by atoms with E-state index in [1.165, 1.54) is 0 Å². The van der Waals surface area contributed by atoms with Crippen molar-refractivity contribution in [3.05, 3.63) is 48.3 Å². The van der Waals surface area contributed by atoms with Gasteiger partial charge in [0, 0.05) is 18.5 Å². The average Bonchev–Trinajstić information content (AvgIpc) is 2.89. The van der Waals surface area contributed by atoms with Crippen molar-refractivity contribution in [2.24, 2.45) is 0 Å². The van der Waals surface area contributed by atoms with Crippen molar-refractivity contribution in [3.8, 4) is 0 Å². The van der Waals surface area contributed by atoms with Gasteiger partial charge in [-0.2, -0.15) is 0 Å². The quantitative estimate of drug-likeness (QED) is 0.731. The number of fused-ring (bicyclic) bond motifs is 1. The van der Waals surface area contributed by atoms with Crippen LogP contribution in [0.25, 0.3) is 5.65 Å². The third-order valence-corrected chi connectivity index (χ3v) is 3.77. The topological polar surface area (TPSA) is 55.1 Å². The lowest BCUT2D eigenvalue weighted by molar-refractivity contribution is 0.920. The van der Waals surface area contributed by atoms with Gasteiger partial charge in [0.2, 0.25) is 0 Å². The van der Waals surface area contributed by atoms with E-state index in [4.69, 9.17) is 0 Å². The molecule has 0 aliphatic rings. The Morgan fingerprint density at radius 1 is 1.15 bits per heavy atom. The number of thioether (sulfide) groups is 1. The van der Waals surface area contributed by atoms with Crippen molar-refractivity contribution in [2.45, 2.75) is 17.8 Å². The maximum Gasteiger partial charge on any atom is 0.195 e. The summed E-state index contributed by atoms with van der Waals surface area (Å²) in [4.78, 5) is 4.55. The fraction of sp³-hybridized carbons (Fsp3) is 0.214. The number of nitrogens with one attached hydrogen (secondary N) is 1. The molecule has 6 heteroatoms. The highest BCUT2D eigenvalue weighted by molar-refractivity contribution is 7.98. The highest BCUT2D eigenvalue weighted by Gasteiger charge is 2.06. The van der Waals surface area contributed by atoms with Crippen molar-refractivity contribution in [1.82, 2.24) is 19.6 Å². The minimum absolute atomic E-state index is 0.773. The molecule has 0 saturated heterocycles. The van der Waals surface area contributed by atoms with Crippen LogP contribution in [0.2, 0.25) is 0 Å². The molecule has 3 aromatic rings. The first kappa shape index (κ1) is 12.9. The molecule has 5 nitrogen and oxygen atoms in total. The Morgan fingerprint density at radius 2 is 2.10 bits per heavy atom. The van der Waals surface area contributed by atoms with Crippen molar-refractivity contribution in [3.63, 3.8) is 0 Å².